The number of H-pyrrole nitrogens is 1. The minimum Gasteiger partial charge on any atom is -0.489 e. The van der Waals surface area contributed by atoms with Gasteiger partial charge >= 0.3 is 5.97 Å². The summed E-state index contributed by atoms with van der Waals surface area (Å²) < 4.78 is 10.9. The molecule has 0 aliphatic heterocycles. The molecule has 0 aliphatic rings. The van der Waals surface area contributed by atoms with Gasteiger partial charge in [0.25, 0.3) is 0 Å². The van der Waals surface area contributed by atoms with Crippen LogP contribution in [-0.2, 0) is 11.3 Å². The van der Waals surface area contributed by atoms with Gasteiger partial charge < -0.3 is 9.47 Å². The van der Waals surface area contributed by atoms with Crippen molar-refractivity contribution in [3.05, 3.63) is 65.4 Å². The van der Waals surface area contributed by atoms with E-state index >= 15 is 0 Å². The number of aryl methyl sites for hydroxylation is 1. The van der Waals surface area contributed by atoms with Gasteiger partial charge in [0, 0.05) is 5.56 Å². The first-order chi connectivity index (χ1) is 12.2. The van der Waals surface area contributed by atoms with Gasteiger partial charge in [-0.3, -0.25) is 0 Å². The van der Waals surface area contributed by atoms with Gasteiger partial charge in [0.2, 0.25) is 0 Å². The Morgan fingerprint density at radius 2 is 1.96 bits per heavy atom. The Labute approximate surface area is 145 Å². The molecular weight excluding hydrogens is 318 g/mol. The van der Waals surface area contributed by atoms with E-state index in [1.165, 1.54) is 5.56 Å². The smallest absolute Gasteiger partial charge is 0.361 e. The number of rotatable bonds is 6. The molecule has 1 N–H and O–H groups in total. The van der Waals surface area contributed by atoms with E-state index < -0.39 is 5.97 Å². The minimum absolute atomic E-state index is 0.165. The number of aromatic amines is 1. The zero-order valence-corrected chi connectivity index (χ0v) is 14.2. The molecule has 0 spiro atoms. The van der Waals surface area contributed by atoms with E-state index in [0.29, 0.717) is 18.1 Å². The summed E-state index contributed by atoms with van der Waals surface area (Å²) in [6.07, 6.45) is 0. The number of esters is 1. The molecule has 128 valence electrons. The van der Waals surface area contributed by atoms with E-state index in [-0.39, 0.29) is 12.3 Å². The van der Waals surface area contributed by atoms with Gasteiger partial charge in [-0.1, -0.05) is 42.0 Å². The van der Waals surface area contributed by atoms with Gasteiger partial charge in [0.15, 0.2) is 5.69 Å². The first-order valence-electron chi connectivity index (χ1n) is 8.04. The Hall–Kier alpha value is -3.15. The maximum Gasteiger partial charge on any atom is 0.361 e. The predicted molar refractivity (Wildman–Crippen MR) is 93.3 cm³/mol. The number of nitrogens with one attached hydrogen (secondary N) is 1. The van der Waals surface area contributed by atoms with Crippen LogP contribution in [0.15, 0.2) is 48.5 Å². The van der Waals surface area contributed by atoms with E-state index in [4.69, 9.17) is 9.47 Å². The monoisotopic (exact) mass is 337 g/mol. The minimum atomic E-state index is -0.502. The number of aromatic nitrogens is 3. The standard InChI is InChI=1S/C19H19N3O3/c1-3-24-19(23)18-17(20-22-21-18)15-8-5-9-16(11-15)25-12-14-7-4-6-13(2)10-14/h4-11H,3,12H2,1-2H3,(H,20,21,22). The van der Waals surface area contributed by atoms with Crippen molar-refractivity contribution >= 4 is 5.97 Å². The number of carbonyl (C=O) groups excluding carboxylic acids is 1. The number of carbonyl (C=O) groups is 1. The highest BCUT2D eigenvalue weighted by Gasteiger charge is 2.19. The highest BCUT2D eigenvalue weighted by atomic mass is 16.5. The third-order valence-electron chi connectivity index (χ3n) is 3.61. The van der Waals surface area contributed by atoms with Crippen molar-refractivity contribution in [2.45, 2.75) is 20.5 Å². The summed E-state index contributed by atoms with van der Waals surface area (Å²) in [5.74, 6) is 0.189. The Morgan fingerprint density at radius 1 is 1.12 bits per heavy atom. The molecule has 1 heterocycles. The first kappa shape index (κ1) is 16.7. The average Bonchev–Trinajstić information content (AvgIpc) is 3.10. The van der Waals surface area contributed by atoms with E-state index in [2.05, 4.69) is 21.5 Å². The van der Waals surface area contributed by atoms with Crippen molar-refractivity contribution in [1.82, 2.24) is 15.4 Å². The molecule has 0 atom stereocenters. The Balaban J connectivity index is 1.78. The zero-order chi connectivity index (χ0) is 17.6. The lowest BCUT2D eigenvalue weighted by atomic mass is 10.1. The van der Waals surface area contributed by atoms with Crippen LogP contribution in [-0.4, -0.2) is 28.0 Å². The zero-order valence-electron chi connectivity index (χ0n) is 14.2. The lowest BCUT2D eigenvalue weighted by Crippen LogP contribution is -2.06. The Kier molecular flexibility index (Phi) is 5.09. The average molecular weight is 337 g/mol. The van der Waals surface area contributed by atoms with Crippen LogP contribution in [0.1, 0.15) is 28.5 Å². The third kappa shape index (κ3) is 4.03. The summed E-state index contributed by atoms with van der Waals surface area (Å²) in [6.45, 7) is 4.54. The largest absolute Gasteiger partial charge is 0.489 e. The molecule has 2 aromatic carbocycles. The van der Waals surface area contributed by atoms with E-state index in [1.807, 2.05) is 49.4 Å². The summed E-state index contributed by atoms with van der Waals surface area (Å²) in [7, 11) is 0. The second kappa shape index (κ2) is 7.61. The quantitative estimate of drug-likeness (QED) is 0.696. The van der Waals surface area contributed by atoms with E-state index in [0.717, 1.165) is 11.1 Å². The normalized spacial score (nSPS) is 10.5. The summed E-state index contributed by atoms with van der Waals surface area (Å²) in [6, 6.07) is 15.6. The van der Waals surface area contributed by atoms with Gasteiger partial charge in [0.05, 0.1) is 6.61 Å². The number of ether oxygens (including phenoxy) is 2. The van der Waals surface area contributed by atoms with Crippen molar-refractivity contribution in [1.29, 1.82) is 0 Å². The van der Waals surface area contributed by atoms with Crippen molar-refractivity contribution in [2.75, 3.05) is 6.61 Å². The highest BCUT2D eigenvalue weighted by molar-refractivity contribution is 5.93. The van der Waals surface area contributed by atoms with Gasteiger partial charge in [0.1, 0.15) is 18.1 Å². The molecule has 0 aliphatic carbocycles. The summed E-state index contributed by atoms with van der Waals surface area (Å²) >= 11 is 0. The van der Waals surface area contributed by atoms with E-state index in [1.54, 1.807) is 6.92 Å². The Bertz CT molecular complexity index is 874. The maximum absolute atomic E-state index is 12.0. The maximum atomic E-state index is 12.0. The van der Waals surface area contributed by atoms with Gasteiger partial charge in [-0.15, -0.1) is 5.10 Å². The molecule has 0 amide bonds. The van der Waals surface area contributed by atoms with Crippen molar-refractivity contribution in [3.8, 4) is 17.0 Å². The molecule has 0 unspecified atom stereocenters. The van der Waals surface area contributed by atoms with Crippen molar-refractivity contribution < 1.29 is 14.3 Å². The van der Waals surface area contributed by atoms with Crippen molar-refractivity contribution in [3.63, 3.8) is 0 Å². The van der Waals surface area contributed by atoms with Crippen LogP contribution >= 0.6 is 0 Å². The molecule has 0 saturated heterocycles. The van der Waals surface area contributed by atoms with Crippen LogP contribution in [0.2, 0.25) is 0 Å². The molecule has 0 fully saturated rings. The molecule has 6 heteroatoms. The fraction of sp³-hybridized carbons (Fsp3) is 0.211. The lowest BCUT2D eigenvalue weighted by Gasteiger charge is -2.08. The van der Waals surface area contributed by atoms with Crippen molar-refractivity contribution in [2.24, 2.45) is 0 Å². The number of hydrogen-bond acceptors (Lipinski definition) is 5. The SMILES string of the molecule is CCOC(=O)c1n[nH]nc1-c1cccc(OCc2cccc(C)c2)c1. The number of benzene rings is 2. The Morgan fingerprint density at radius 3 is 2.76 bits per heavy atom. The topological polar surface area (TPSA) is 77.1 Å². The number of hydrogen-bond donors (Lipinski definition) is 1. The van der Waals surface area contributed by atoms with Crippen LogP contribution in [0.25, 0.3) is 11.3 Å². The second-order valence-electron chi connectivity index (χ2n) is 5.55. The highest BCUT2D eigenvalue weighted by Crippen LogP contribution is 2.25. The van der Waals surface area contributed by atoms with Crippen LogP contribution in [0.5, 0.6) is 5.75 Å². The molecule has 3 rings (SSSR count). The third-order valence-corrected chi connectivity index (χ3v) is 3.61. The second-order valence-corrected chi connectivity index (χ2v) is 5.55. The molecule has 3 aromatic rings. The molecule has 1 aromatic heterocycles. The molecule has 0 saturated carbocycles. The summed E-state index contributed by atoms with van der Waals surface area (Å²) in [4.78, 5) is 12.0. The van der Waals surface area contributed by atoms with Crippen LogP contribution in [0, 0.1) is 6.92 Å². The van der Waals surface area contributed by atoms with Crippen LogP contribution in [0.3, 0.4) is 0 Å². The lowest BCUT2D eigenvalue weighted by molar-refractivity contribution is 0.0520. The van der Waals surface area contributed by atoms with Gasteiger partial charge in [-0.2, -0.15) is 10.3 Å². The van der Waals surface area contributed by atoms with Crippen LogP contribution < -0.4 is 4.74 Å². The molecule has 6 nitrogen and oxygen atoms in total. The molecule has 25 heavy (non-hydrogen) atoms. The van der Waals surface area contributed by atoms with Crippen LogP contribution in [0.4, 0.5) is 0 Å². The van der Waals surface area contributed by atoms with Gasteiger partial charge in [-0.05, 0) is 31.5 Å². The molecule has 0 radical (unpaired) electrons. The predicted octanol–water partition coefficient (Wildman–Crippen LogP) is 3.54. The fourth-order valence-electron chi connectivity index (χ4n) is 2.48. The molecule has 0 bridgehead atoms. The first-order valence-corrected chi connectivity index (χ1v) is 8.04. The fourth-order valence-corrected chi connectivity index (χ4v) is 2.48. The summed E-state index contributed by atoms with van der Waals surface area (Å²) in [5.41, 5.74) is 3.63. The summed E-state index contributed by atoms with van der Waals surface area (Å²) in [5, 5.41) is 10.4. The number of nitrogens with zero attached hydrogens (tertiary/aromatic N) is 2. The van der Waals surface area contributed by atoms with E-state index in [9.17, 15) is 4.79 Å². The van der Waals surface area contributed by atoms with Gasteiger partial charge in [-0.25, -0.2) is 4.79 Å². The molecular formula is C19H19N3O3.